The van der Waals surface area contributed by atoms with E-state index in [0.717, 1.165) is 0 Å². The number of rotatable bonds is 2. The Kier molecular flexibility index (Phi) is 12.6. The van der Waals surface area contributed by atoms with Gasteiger partial charge < -0.3 is 10.2 Å². The summed E-state index contributed by atoms with van der Waals surface area (Å²) in [7, 11) is 0. The summed E-state index contributed by atoms with van der Waals surface area (Å²) in [5.74, 6) is -0.329. The molecule has 0 spiro atoms. The van der Waals surface area contributed by atoms with Gasteiger partial charge in [-0.05, 0) is 25.7 Å². The van der Waals surface area contributed by atoms with Gasteiger partial charge in [-0.1, -0.05) is 64.4 Å². The molecule has 0 bridgehead atoms. The van der Waals surface area contributed by atoms with Crippen molar-refractivity contribution in [3.05, 3.63) is 12.2 Å². The standard InChI is InChI=1S/C13H26O.C4H6O2/c14-12-13-10-8-6-4-2-1-3-5-7-9-11-13;1-3(2)4(5)6/h13-14H,1-12H2;1H2,2H3,(H,5,6). The van der Waals surface area contributed by atoms with Crippen LogP contribution in [0.2, 0.25) is 0 Å². The van der Waals surface area contributed by atoms with Crippen LogP contribution < -0.4 is 0 Å². The van der Waals surface area contributed by atoms with E-state index in [-0.39, 0.29) is 5.57 Å². The minimum Gasteiger partial charge on any atom is -0.478 e. The average Bonchev–Trinajstić information content (AvgIpc) is 2.40. The first-order valence-electron chi connectivity index (χ1n) is 8.07. The normalized spacial score (nSPS) is 18.9. The van der Waals surface area contributed by atoms with Crippen LogP contribution in [0.5, 0.6) is 0 Å². The maximum atomic E-state index is 9.60. The average molecular weight is 284 g/mol. The molecule has 0 atom stereocenters. The summed E-state index contributed by atoms with van der Waals surface area (Å²) >= 11 is 0. The van der Waals surface area contributed by atoms with Gasteiger partial charge in [-0.2, -0.15) is 0 Å². The minimum absolute atomic E-state index is 0.176. The van der Waals surface area contributed by atoms with Crippen LogP contribution in [0, 0.1) is 5.92 Å². The summed E-state index contributed by atoms with van der Waals surface area (Å²) in [6.07, 6.45) is 15.1. The zero-order chi connectivity index (χ0) is 15.2. The summed E-state index contributed by atoms with van der Waals surface area (Å²) in [6.45, 7) is 5.02. The van der Waals surface area contributed by atoms with E-state index in [1.54, 1.807) is 0 Å². The second-order valence-electron chi connectivity index (χ2n) is 5.89. The number of hydrogen-bond donors (Lipinski definition) is 2. The van der Waals surface area contributed by atoms with Crippen molar-refractivity contribution >= 4 is 5.97 Å². The molecule has 0 aromatic heterocycles. The van der Waals surface area contributed by atoms with Gasteiger partial charge >= 0.3 is 5.97 Å². The van der Waals surface area contributed by atoms with Gasteiger partial charge in [-0.3, -0.25) is 0 Å². The third-order valence-electron chi connectivity index (χ3n) is 3.85. The molecule has 0 radical (unpaired) electrons. The number of aliphatic hydroxyl groups excluding tert-OH is 1. The van der Waals surface area contributed by atoms with Crippen LogP contribution in [-0.2, 0) is 4.79 Å². The molecular weight excluding hydrogens is 252 g/mol. The van der Waals surface area contributed by atoms with Gasteiger partial charge in [0.05, 0.1) is 0 Å². The van der Waals surface area contributed by atoms with Crippen LogP contribution in [0.4, 0.5) is 0 Å². The van der Waals surface area contributed by atoms with Gasteiger partial charge in [0.1, 0.15) is 0 Å². The van der Waals surface area contributed by atoms with E-state index in [1.165, 1.54) is 77.6 Å². The molecule has 20 heavy (non-hydrogen) atoms. The highest BCUT2D eigenvalue weighted by atomic mass is 16.4. The monoisotopic (exact) mass is 284 g/mol. The number of aliphatic hydroxyl groups is 1. The van der Waals surface area contributed by atoms with Crippen LogP contribution in [-0.4, -0.2) is 22.8 Å². The molecule has 1 aliphatic carbocycles. The fourth-order valence-electron chi connectivity index (χ4n) is 2.43. The van der Waals surface area contributed by atoms with E-state index in [0.29, 0.717) is 12.5 Å². The molecule has 118 valence electrons. The van der Waals surface area contributed by atoms with E-state index >= 15 is 0 Å². The highest BCUT2D eigenvalue weighted by molar-refractivity contribution is 5.84. The fraction of sp³-hybridized carbons (Fsp3) is 0.824. The van der Waals surface area contributed by atoms with Crippen LogP contribution in [0.25, 0.3) is 0 Å². The zero-order valence-corrected chi connectivity index (χ0v) is 13.1. The smallest absolute Gasteiger partial charge is 0.330 e. The Labute approximate surface area is 124 Å². The molecule has 0 saturated heterocycles. The molecule has 0 aromatic rings. The topological polar surface area (TPSA) is 57.5 Å². The number of carbonyl (C=O) groups is 1. The van der Waals surface area contributed by atoms with Crippen molar-refractivity contribution in [2.75, 3.05) is 6.61 Å². The number of carboxylic acid groups (broad SMARTS) is 1. The van der Waals surface area contributed by atoms with Gasteiger partial charge in [0, 0.05) is 12.2 Å². The SMILES string of the molecule is C=C(C)C(=O)O.OCC1CCCCCCCCCCC1. The lowest BCUT2D eigenvalue weighted by atomic mass is 9.93. The zero-order valence-electron chi connectivity index (χ0n) is 13.1. The maximum absolute atomic E-state index is 9.60. The van der Waals surface area contributed by atoms with Crippen molar-refractivity contribution in [1.29, 1.82) is 0 Å². The highest BCUT2D eigenvalue weighted by Crippen LogP contribution is 2.20. The largest absolute Gasteiger partial charge is 0.478 e. The summed E-state index contributed by atoms with van der Waals surface area (Å²) in [6, 6.07) is 0. The predicted molar refractivity (Wildman–Crippen MR) is 83.8 cm³/mol. The summed E-state index contributed by atoms with van der Waals surface area (Å²) < 4.78 is 0. The van der Waals surface area contributed by atoms with Crippen molar-refractivity contribution in [1.82, 2.24) is 0 Å². The first-order chi connectivity index (χ1) is 9.57. The number of carboxylic acids is 1. The second-order valence-corrected chi connectivity index (χ2v) is 5.89. The molecule has 0 aliphatic heterocycles. The van der Waals surface area contributed by atoms with Crippen molar-refractivity contribution in [2.24, 2.45) is 5.92 Å². The number of hydrogen-bond acceptors (Lipinski definition) is 2. The fourth-order valence-corrected chi connectivity index (χ4v) is 2.43. The van der Waals surface area contributed by atoms with Crippen LogP contribution in [0.15, 0.2) is 12.2 Å². The van der Waals surface area contributed by atoms with Crippen LogP contribution in [0.1, 0.15) is 77.6 Å². The van der Waals surface area contributed by atoms with E-state index in [4.69, 9.17) is 5.11 Å². The van der Waals surface area contributed by atoms with E-state index in [9.17, 15) is 9.90 Å². The van der Waals surface area contributed by atoms with Gasteiger partial charge in [-0.25, -0.2) is 4.79 Å². The van der Waals surface area contributed by atoms with Crippen LogP contribution >= 0.6 is 0 Å². The quantitative estimate of drug-likeness (QED) is 0.731. The lowest BCUT2D eigenvalue weighted by molar-refractivity contribution is -0.132. The van der Waals surface area contributed by atoms with E-state index in [2.05, 4.69) is 6.58 Å². The Morgan fingerprint density at radius 1 is 0.950 bits per heavy atom. The summed E-state index contributed by atoms with van der Waals surface area (Å²) in [5, 5.41) is 17.1. The molecule has 3 nitrogen and oxygen atoms in total. The maximum Gasteiger partial charge on any atom is 0.330 e. The molecular formula is C17H32O3. The van der Waals surface area contributed by atoms with E-state index < -0.39 is 5.97 Å². The molecule has 3 heteroatoms. The molecule has 1 rings (SSSR count). The molecule has 0 amide bonds. The lowest BCUT2D eigenvalue weighted by Crippen LogP contribution is -2.06. The van der Waals surface area contributed by atoms with Gasteiger partial charge in [0.2, 0.25) is 0 Å². The van der Waals surface area contributed by atoms with Crippen molar-refractivity contribution in [3.8, 4) is 0 Å². The van der Waals surface area contributed by atoms with Gasteiger partial charge in [-0.15, -0.1) is 0 Å². The molecule has 1 aliphatic rings. The third-order valence-corrected chi connectivity index (χ3v) is 3.85. The lowest BCUT2D eigenvalue weighted by Gasteiger charge is -2.14. The highest BCUT2D eigenvalue weighted by Gasteiger charge is 2.07. The van der Waals surface area contributed by atoms with Crippen LogP contribution in [0.3, 0.4) is 0 Å². The first-order valence-corrected chi connectivity index (χ1v) is 8.07. The van der Waals surface area contributed by atoms with E-state index in [1.807, 2.05) is 0 Å². The molecule has 0 heterocycles. The van der Waals surface area contributed by atoms with Crippen molar-refractivity contribution in [3.63, 3.8) is 0 Å². The minimum atomic E-state index is -0.935. The Morgan fingerprint density at radius 2 is 1.25 bits per heavy atom. The summed E-state index contributed by atoms with van der Waals surface area (Å²) in [5.41, 5.74) is 0.176. The molecule has 2 N–H and O–H groups in total. The van der Waals surface area contributed by atoms with Crippen molar-refractivity contribution in [2.45, 2.75) is 77.6 Å². The van der Waals surface area contributed by atoms with Crippen molar-refractivity contribution < 1.29 is 15.0 Å². The molecule has 0 aromatic carbocycles. The Bertz CT molecular complexity index is 237. The van der Waals surface area contributed by atoms with Gasteiger partial charge in [0.15, 0.2) is 0 Å². The predicted octanol–water partition coefficient (Wildman–Crippen LogP) is 4.55. The second kappa shape index (κ2) is 13.2. The number of aliphatic carboxylic acids is 1. The first kappa shape index (κ1) is 19.2. The Morgan fingerprint density at radius 3 is 1.50 bits per heavy atom. The third kappa shape index (κ3) is 12.2. The summed E-state index contributed by atoms with van der Waals surface area (Å²) in [4.78, 5) is 9.60. The Hall–Kier alpha value is -0.830. The molecule has 1 fully saturated rings. The van der Waals surface area contributed by atoms with Gasteiger partial charge in [0.25, 0.3) is 0 Å². The molecule has 1 saturated carbocycles. The Balaban J connectivity index is 0.000000511. The molecule has 0 unspecified atom stereocenters.